The molecule has 9 heteroatoms. The van der Waals surface area contributed by atoms with Crippen LogP contribution in [0.4, 0.5) is 8.78 Å². The first-order chi connectivity index (χ1) is 6.73. The van der Waals surface area contributed by atoms with E-state index in [1.165, 1.54) is 0 Å². The van der Waals surface area contributed by atoms with E-state index < -0.39 is 27.0 Å². The summed E-state index contributed by atoms with van der Waals surface area (Å²) in [5, 5.41) is 4.58. The molecule has 0 aliphatic heterocycles. The van der Waals surface area contributed by atoms with Gasteiger partial charge in [0.05, 0.1) is 3.57 Å². The Hall–Kier alpha value is -0.0600. The summed E-state index contributed by atoms with van der Waals surface area (Å²) in [5.41, 5.74) is -0.928. The predicted molar refractivity (Wildman–Crippen MR) is 58.3 cm³/mol. The second-order valence-corrected chi connectivity index (χ2v) is 5.54. The first-order valence-corrected chi connectivity index (χ1v) is 6.40. The van der Waals surface area contributed by atoms with Crippen LogP contribution in [0.1, 0.15) is 12.1 Å². The molecule has 1 rings (SSSR count). The van der Waals surface area contributed by atoms with Crippen molar-refractivity contribution in [2.75, 3.05) is 0 Å². The first kappa shape index (κ1) is 13.0. The van der Waals surface area contributed by atoms with Gasteiger partial charge in [-0.2, -0.15) is 0 Å². The lowest BCUT2D eigenvalue weighted by Gasteiger charge is -2.07. The van der Waals surface area contributed by atoms with Crippen LogP contribution in [-0.4, -0.2) is 13.4 Å². The number of nitrogens with zero attached hydrogens (tertiary/aromatic N) is 1. The van der Waals surface area contributed by atoms with Gasteiger partial charge in [0.25, 0.3) is 6.43 Å². The Morgan fingerprint density at radius 2 is 2.07 bits per heavy atom. The van der Waals surface area contributed by atoms with E-state index in [1.54, 1.807) is 22.6 Å². The van der Waals surface area contributed by atoms with Gasteiger partial charge in [-0.25, -0.2) is 27.3 Å². The molecule has 0 saturated heterocycles. The molecule has 1 heterocycles. The summed E-state index contributed by atoms with van der Waals surface area (Å²) in [6.45, 7) is 0. The molecule has 15 heavy (non-hydrogen) atoms. The molecule has 0 aromatic carbocycles. The molecule has 0 aliphatic rings. The van der Waals surface area contributed by atoms with Gasteiger partial charge in [0.15, 0.2) is 0 Å². The van der Waals surface area contributed by atoms with Gasteiger partial charge in [-0.15, -0.1) is 0 Å². The van der Waals surface area contributed by atoms with Gasteiger partial charge in [-0.3, -0.25) is 0 Å². The topological polar surface area (TPSA) is 73.1 Å². The molecular formula is C6H4ClF2IN2O2S. The lowest BCUT2D eigenvalue weighted by Crippen LogP contribution is -2.16. The average Bonchev–Trinajstić information content (AvgIpc) is 2.06. The average molecular weight is 369 g/mol. The van der Waals surface area contributed by atoms with E-state index in [4.69, 9.17) is 16.7 Å². The van der Waals surface area contributed by atoms with Crippen molar-refractivity contribution in [3.63, 3.8) is 0 Å². The number of halogens is 4. The van der Waals surface area contributed by atoms with Crippen LogP contribution in [0.5, 0.6) is 0 Å². The zero-order chi connectivity index (χ0) is 11.8. The molecule has 0 spiro atoms. The van der Waals surface area contributed by atoms with Crippen LogP contribution in [0, 0.1) is 3.57 Å². The molecule has 0 fully saturated rings. The van der Waals surface area contributed by atoms with E-state index in [-0.39, 0.29) is 8.72 Å². The van der Waals surface area contributed by atoms with Crippen molar-refractivity contribution in [2.45, 2.75) is 11.3 Å². The molecule has 2 N–H and O–H groups in total. The Balaban J connectivity index is 3.56. The second-order valence-electron chi connectivity index (χ2n) is 2.49. The normalized spacial score (nSPS) is 12.1. The third-order valence-electron chi connectivity index (χ3n) is 1.44. The number of nitrogens with two attached hydrogens (primary N) is 1. The standard InChI is InChI=1S/C6H4ClF2IN2O2S/c7-5-2(10)1-3(15(11,13)14)4(12-5)6(8)9/h1,6H,(H2,11,13,14). The molecule has 0 aliphatic carbocycles. The summed E-state index contributed by atoms with van der Waals surface area (Å²) in [5.74, 6) is 0. The monoisotopic (exact) mass is 368 g/mol. The number of aromatic nitrogens is 1. The molecule has 0 bridgehead atoms. The fourth-order valence-corrected chi connectivity index (χ4v) is 2.34. The maximum Gasteiger partial charge on any atom is 0.281 e. The van der Waals surface area contributed by atoms with Gasteiger partial charge in [0, 0.05) is 0 Å². The van der Waals surface area contributed by atoms with Gasteiger partial charge in [-0.1, -0.05) is 11.6 Å². The van der Waals surface area contributed by atoms with Crippen LogP contribution in [-0.2, 0) is 10.0 Å². The second kappa shape index (κ2) is 4.44. The van der Waals surface area contributed by atoms with E-state index in [2.05, 4.69) is 4.98 Å². The Morgan fingerprint density at radius 1 is 1.53 bits per heavy atom. The minimum absolute atomic E-state index is 0.182. The molecule has 0 radical (unpaired) electrons. The molecule has 4 nitrogen and oxygen atoms in total. The maximum absolute atomic E-state index is 12.4. The molecule has 1 aromatic heterocycles. The SMILES string of the molecule is NS(=O)(=O)c1cc(I)c(Cl)nc1C(F)F. The van der Waals surface area contributed by atoms with E-state index in [0.29, 0.717) is 0 Å². The lowest BCUT2D eigenvalue weighted by molar-refractivity contribution is 0.142. The van der Waals surface area contributed by atoms with Crippen LogP contribution in [0.2, 0.25) is 5.15 Å². The van der Waals surface area contributed by atoms with Gasteiger partial charge >= 0.3 is 0 Å². The van der Waals surface area contributed by atoms with Crippen molar-refractivity contribution < 1.29 is 17.2 Å². The van der Waals surface area contributed by atoms with Crippen LogP contribution < -0.4 is 5.14 Å². The van der Waals surface area contributed by atoms with Crippen molar-refractivity contribution in [1.82, 2.24) is 4.98 Å². The van der Waals surface area contributed by atoms with Crippen molar-refractivity contribution >= 4 is 44.2 Å². The molecule has 84 valence electrons. The maximum atomic E-state index is 12.4. The van der Waals surface area contributed by atoms with E-state index in [1.807, 2.05) is 0 Å². The van der Waals surface area contributed by atoms with Gasteiger partial charge in [-0.05, 0) is 28.7 Å². The fraction of sp³-hybridized carbons (Fsp3) is 0.167. The minimum atomic E-state index is -4.22. The van der Waals surface area contributed by atoms with Gasteiger partial charge in [0.2, 0.25) is 10.0 Å². The smallest absolute Gasteiger partial charge is 0.233 e. The highest BCUT2D eigenvalue weighted by Gasteiger charge is 2.24. The predicted octanol–water partition coefficient (Wildman–Crippen LogP) is 1.92. The van der Waals surface area contributed by atoms with Crippen LogP contribution in [0.15, 0.2) is 11.0 Å². The zero-order valence-electron chi connectivity index (χ0n) is 6.92. The van der Waals surface area contributed by atoms with E-state index in [9.17, 15) is 17.2 Å². The summed E-state index contributed by atoms with van der Waals surface area (Å²) in [6, 6.07) is 0.965. The van der Waals surface area contributed by atoms with Crippen molar-refractivity contribution in [3.8, 4) is 0 Å². The molecule has 0 amide bonds. The summed E-state index contributed by atoms with van der Waals surface area (Å²) in [7, 11) is -4.22. The third-order valence-corrected chi connectivity index (χ3v) is 3.81. The van der Waals surface area contributed by atoms with Crippen LogP contribution in [0.25, 0.3) is 0 Å². The number of pyridine rings is 1. The molecular weight excluding hydrogens is 364 g/mol. The Labute approximate surface area is 103 Å². The number of sulfonamides is 1. The minimum Gasteiger partial charge on any atom is -0.233 e. The van der Waals surface area contributed by atoms with E-state index in [0.717, 1.165) is 6.07 Å². The lowest BCUT2D eigenvalue weighted by atomic mass is 10.3. The zero-order valence-corrected chi connectivity index (χ0v) is 10.6. The van der Waals surface area contributed by atoms with Gasteiger partial charge < -0.3 is 0 Å². The number of primary sulfonamides is 1. The van der Waals surface area contributed by atoms with Crippen LogP contribution in [0.3, 0.4) is 0 Å². The van der Waals surface area contributed by atoms with Crippen molar-refractivity contribution in [3.05, 3.63) is 20.5 Å². The van der Waals surface area contributed by atoms with Crippen molar-refractivity contribution in [1.29, 1.82) is 0 Å². The highest BCUT2D eigenvalue weighted by molar-refractivity contribution is 14.1. The summed E-state index contributed by atoms with van der Waals surface area (Å²) in [4.78, 5) is 2.58. The quantitative estimate of drug-likeness (QED) is 0.640. The number of rotatable bonds is 2. The molecule has 0 atom stereocenters. The summed E-state index contributed by atoms with van der Waals surface area (Å²) >= 11 is 7.16. The van der Waals surface area contributed by atoms with E-state index >= 15 is 0 Å². The van der Waals surface area contributed by atoms with Crippen molar-refractivity contribution in [2.24, 2.45) is 5.14 Å². The number of alkyl halides is 2. The fourth-order valence-electron chi connectivity index (χ4n) is 0.847. The molecule has 0 unspecified atom stereocenters. The first-order valence-electron chi connectivity index (χ1n) is 3.40. The number of hydrogen-bond donors (Lipinski definition) is 1. The number of hydrogen-bond acceptors (Lipinski definition) is 3. The largest absolute Gasteiger partial charge is 0.281 e. The Bertz CT molecular complexity index is 494. The Kier molecular flexibility index (Phi) is 3.85. The molecule has 1 aromatic rings. The summed E-state index contributed by atoms with van der Waals surface area (Å²) in [6.07, 6.45) is -3.05. The molecule has 0 saturated carbocycles. The third kappa shape index (κ3) is 2.95. The highest BCUT2D eigenvalue weighted by atomic mass is 127. The highest BCUT2D eigenvalue weighted by Crippen LogP contribution is 2.28. The van der Waals surface area contributed by atoms with Crippen LogP contribution >= 0.6 is 34.2 Å². The van der Waals surface area contributed by atoms with Gasteiger partial charge in [0.1, 0.15) is 15.7 Å². The Morgan fingerprint density at radius 3 is 2.47 bits per heavy atom. The summed E-state index contributed by atoms with van der Waals surface area (Å²) < 4.78 is 47.0.